The van der Waals surface area contributed by atoms with Gasteiger partial charge in [-0.15, -0.1) is 0 Å². The third-order valence-electron chi connectivity index (χ3n) is 3.23. The number of fused-ring (bicyclic) bond motifs is 1. The molecule has 2 heterocycles. The monoisotopic (exact) mass is 182 g/mol. The van der Waals surface area contributed by atoms with Crippen LogP contribution in [0.1, 0.15) is 12.8 Å². The summed E-state index contributed by atoms with van der Waals surface area (Å²) in [7, 11) is 0. The van der Waals surface area contributed by atoms with Gasteiger partial charge in [0.15, 0.2) is 0 Å². The predicted molar refractivity (Wildman–Crippen MR) is 52.2 cm³/mol. The van der Waals surface area contributed by atoms with Crippen LogP contribution in [0.3, 0.4) is 0 Å². The van der Waals surface area contributed by atoms with E-state index in [0.717, 1.165) is 31.2 Å². The van der Waals surface area contributed by atoms with E-state index in [-0.39, 0.29) is 0 Å². The van der Waals surface area contributed by atoms with Crippen molar-refractivity contribution in [1.82, 2.24) is 10.3 Å². The summed E-state index contributed by atoms with van der Waals surface area (Å²) in [6.45, 7) is 3.15. The Labute approximate surface area is 78.9 Å². The number of hydrazine groups is 1. The van der Waals surface area contributed by atoms with Crippen molar-refractivity contribution in [3.05, 3.63) is 11.9 Å². The second kappa shape index (κ2) is 3.55. The van der Waals surface area contributed by atoms with E-state index < -0.39 is 0 Å². The van der Waals surface area contributed by atoms with E-state index in [1.807, 2.05) is 5.01 Å². The number of nitrogens with two attached hydrogens (primary N) is 2. The predicted octanol–water partition coefficient (Wildman–Crippen LogP) is -0.408. The molecule has 2 aliphatic heterocycles. The van der Waals surface area contributed by atoms with Gasteiger partial charge in [0.05, 0.1) is 0 Å². The first-order valence-corrected chi connectivity index (χ1v) is 4.97. The summed E-state index contributed by atoms with van der Waals surface area (Å²) in [4.78, 5) is 0. The van der Waals surface area contributed by atoms with Gasteiger partial charge in [-0.3, -0.25) is 0 Å². The summed E-state index contributed by atoms with van der Waals surface area (Å²) in [5.74, 6) is 7.19. The van der Waals surface area contributed by atoms with Gasteiger partial charge in [-0.1, -0.05) is 0 Å². The molecule has 0 bridgehead atoms. The molecule has 74 valence electrons. The summed E-state index contributed by atoms with van der Waals surface area (Å²) >= 11 is 0. The summed E-state index contributed by atoms with van der Waals surface area (Å²) < 4.78 is 0. The Balaban J connectivity index is 2.14. The third-order valence-corrected chi connectivity index (χ3v) is 3.23. The van der Waals surface area contributed by atoms with E-state index in [1.165, 1.54) is 12.8 Å². The summed E-state index contributed by atoms with van der Waals surface area (Å²) in [5.41, 5.74) is 6.73. The minimum Gasteiger partial charge on any atom is -0.403 e. The second-order valence-corrected chi connectivity index (χ2v) is 3.93. The van der Waals surface area contributed by atoms with Gasteiger partial charge in [0.25, 0.3) is 0 Å². The van der Waals surface area contributed by atoms with Crippen molar-refractivity contribution < 1.29 is 0 Å². The standard InChI is InChI=1S/C9H18N4/c10-5-9-8-1-3-12-6-7(8)2-4-13(9)11/h5,7-8,12H,1-4,6,10-11H2/b9-5-. The molecule has 5 N–H and O–H groups in total. The number of piperidine rings is 2. The Kier molecular flexibility index (Phi) is 2.42. The maximum atomic E-state index is 5.86. The van der Waals surface area contributed by atoms with Crippen molar-refractivity contribution in [3.63, 3.8) is 0 Å². The van der Waals surface area contributed by atoms with Crippen LogP contribution in [0.4, 0.5) is 0 Å². The van der Waals surface area contributed by atoms with E-state index in [9.17, 15) is 0 Å². The number of hydrogen-bond acceptors (Lipinski definition) is 4. The van der Waals surface area contributed by atoms with E-state index in [0.29, 0.717) is 5.92 Å². The van der Waals surface area contributed by atoms with Gasteiger partial charge in [-0.05, 0) is 31.8 Å². The van der Waals surface area contributed by atoms with Gasteiger partial charge in [0, 0.05) is 24.4 Å². The summed E-state index contributed by atoms with van der Waals surface area (Å²) in [5, 5.41) is 5.23. The van der Waals surface area contributed by atoms with Crippen molar-refractivity contribution in [2.45, 2.75) is 12.8 Å². The fourth-order valence-corrected chi connectivity index (χ4v) is 2.48. The second-order valence-electron chi connectivity index (χ2n) is 3.93. The molecular weight excluding hydrogens is 164 g/mol. The Morgan fingerprint density at radius 1 is 1.46 bits per heavy atom. The highest BCUT2D eigenvalue weighted by Crippen LogP contribution is 2.33. The van der Waals surface area contributed by atoms with Gasteiger partial charge < -0.3 is 16.1 Å². The molecule has 2 atom stereocenters. The summed E-state index contributed by atoms with van der Waals surface area (Å²) in [6.07, 6.45) is 4.04. The molecule has 2 aliphatic rings. The number of hydrogen-bond donors (Lipinski definition) is 3. The average Bonchev–Trinajstić information content (AvgIpc) is 2.18. The number of nitrogens with one attached hydrogen (secondary N) is 1. The molecule has 2 rings (SSSR count). The molecule has 0 aliphatic carbocycles. The molecule has 0 radical (unpaired) electrons. The molecule has 0 aromatic heterocycles. The van der Waals surface area contributed by atoms with Crippen LogP contribution in [-0.2, 0) is 0 Å². The molecule has 4 nitrogen and oxygen atoms in total. The maximum absolute atomic E-state index is 5.86. The minimum atomic E-state index is 0.588. The first-order valence-electron chi connectivity index (χ1n) is 4.97. The number of nitrogens with zero attached hydrogens (tertiary/aromatic N) is 1. The molecule has 13 heavy (non-hydrogen) atoms. The normalized spacial score (nSPS) is 37.6. The quantitative estimate of drug-likeness (QED) is 0.446. The van der Waals surface area contributed by atoms with Crippen LogP contribution in [0.15, 0.2) is 11.9 Å². The molecule has 0 amide bonds. The molecule has 0 spiro atoms. The lowest BCUT2D eigenvalue weighted by molar-refractivity contribution is 0.149. The van der Waals surface area contributed by atoms with E-state index in [1.54, 1.807) is 6.20 Å². The topological polar surface area (TPSA) is 67.3 Å². The fraction of sp³-hybridized carbons (Fsp3) is 0.778. The molecule has 2 unspecified atom stereocenters. The van der Waals surface area contributed by atoms with E-state index >= 15 is 0 Å². The molecule has 2 saturated heterocycles. The molecular formula is C9H18N4. The van der Waals surface area contributed by atoms with Crippen molar-refractivity contribution in [3.8, 4) is 0 Å². The lowest BCUT2D eigenvalue weighted by Gasteiger charge is -2.42. The highest BCUT2D eigenvalue weighted by molar-refractivity contribution is 5.09. The maximum Gasteiger partial charge on any atom is 0.0480 e. The van der Waals surface area contributed by atoms with E-state index in [2.05, 4.69) is 5.32 Å². The Morgan fingerprint density at radius 2 is 2.31 bits per heavy atom. The van der Waals surface area contributed by atoms with Crippen molar-refractivity contribution in [2.24, 2.45) is 23.4 Å². The molecule has 0 aromatic rings. The zero-order valence-corrected chi connectivity index (χ0v) is 7.87. The van der Waals surface area contributed by atoms with Crippen LogP contribution in [0.5, 0.6) is 0 Å². The molecule has 4 heteroatoms. The minimum absolute atomic E-state index is 0.588. The smallest absolute Gasteiger partial charge is 0.0480 e. The van der Waals surface area contributed by atoms with Crippen molar-refractivity contribution in [2.75, 3.05) is 19.6 Å². The van der Waals surface area contributed by atoms with Crippen LogP contribution in [0, 0.1) is 11.8 Å². The van der Waals surface area contributed by atoms with Gasteiger partial charge in [0.2, 0.25) is 0 Å². The Hall–Kier alpha value is -0.740. The first-order chi connectivity index (χ1) is 6.33. The highest BCUT2D eigenvalue weighted by Gasteiger charge is 2.33. The molecule has 0 aromatic carbocycles. The number of rotatable bonds is 0. The Bertz CT molecular complexity index is 214. The first kappa shape index (κ1) is 8.84. The van der Waals surface area contributed by atoms with Crippen LogP contribution >= 0.6 is 0 Å². The fourth-order valence-electron chi connectivity index (χ4n) is 2.48. The van der Waals surface area contributed by atoms with Gasteiger partial charge in [0.1, 0.15) is 0 Å². The zero-order valence-electron chi connectivity index (χ0n) is 7.87. The molecule has 0 saturated carbocycles. The number of allylic oxidation sites excluding steroid dienone is 1. The van der Waals surface area contributed by atoms with E-state index in [4.69, 9.17) is 11.6 Å². The zero-order chi connectivity index (χ0) is 9.26. The lowest BCUT2D eigenvalue weighted by atomic mass is 9.79. The average molecular weight is 182 g/mol. The van der Waals surface area contributed by atoms with Crippen molar-refractivity contribution >= 4 is 0 Å². The van der Waals surface area contributed by atoms with Crippen LogP contribution in [0.2, 0.25) is 0 Å². The van der Waals surface area contributed by atoms with Gasteiger partial charge in [-0.25, -0.2) is 5.84 Å². The SMILES string of the molecule is N/C=C1/C2CCNCC2CCN1N. The Morgan fingerprint density at radius 3 is 3.08 bits per heavy atom. The van der Waals surface area contributed by atoms with Crippen LogP contribution < -0.4 is 16.9 Å². The largest absolute Gasteiger partial charge is 0.403 e. The molecule has 2 fully saturated rings. The lowest BCUT2D eigenvalue weighted by Crippen LogP contribution is -2.49. The summed E-state index contributed by atoms with van der Waals surface area (Å²) in [6, 6.07) is 0. The highest BCUT2D eigenvalue weighted by atomic mass is 15.4. The van der Waals surface area contributed by atoms with Crippen LogP contribution in [0.25, 0.3) is 0 Å². The van der Waals surface area contributed by atoms with Crippen LogP contribution in [-0.4, -0.2) is 24.6 Å². The van der Waals surface area contributed by atoms with Gasteiger partial charge in [-0.2, -0.15) is 0 Å². The third kappa shape index (κ3) is 1.51. The van der Waals surface area contributed by atoms with Gasteiger partial charge >= 0.3 is 0 Å². The van der Waals surface area contributed by atoms with Crippen molar-refractivity contribution in [1.29, 1.82) is 0 Å².